The van der Waals surface area contributed by atoms with Gasteiger partial charge < -0.3 is 15.7 Å². The van der Waals surface area contributed by atoms with Crippen LogP contribution in [0.15, 0.2) is 48.5 Å². The fourth-order valence-electron chi connectivity index (χ4n) is 4.99. The Kier molecular flexibility index (Phi) is 9.74. The molecule has 9 nitrogen and oxygen atoms in total. The van der Waals surface area contributed by atoms with Gasteiger partial charge in [0, 0.05) is 76.8 Å². The van der Waals surface area contributed by atoms with Crippen LogP contribution in [-0.4, -0.2) is 121 Å². The molecule has 3 N–H and O–H groups in total. The molecule has 2 aromatic rings. The van der Waals surface area contributed by atoms with Crippen LogP contribution in [0.2, 0.25) is 0 Å². The highest BCUT2D eigenvalue weighted by Gasteiger charge is 2.24. The zero-order chi connectivity index (χ0) is 27.8. The molecule has 2 saturated heterocycles. The van der Waals surface area contributed by atoms with E-state index in [2.05, 4.69) is 30.2 Å². The van der Waals surface area contributed by atoms with Gasteiger partial charge in [0.2, 0.25) is 11.8 Å². The first-order chi connectivity index (χ1) is 18.7. The number of hydrogen-bond acceptors (Lipinski definition) is 7. The fourth-order valence-corrected chi connectivity index (χ4v) is 4.99. The van der Waals surface area contributed by atoms with Crippen LogP contribution < -0.4 is 10.6 Å². The van der Waals surface area contributed by atoms with Gasteiger partial charge in [-0.05, 0) is 37.1 Å². The van der Waals surface area contributed by atoms with E-state index in [1.807, 2.05) is 62.4 Å². The highest BCUT2D eigenvalue weighted by Crippen LogP contribution is 2.14. The predicted molar refractivity (Wildman–Crippen MR) is 151 cm³/mol. The van der Waals surface area contributed by atoms with Gasteiger partial charge in [0.25, 0.3) is 0 Å². The largest absolute Gasteiger partial charge is 0.390 e. The first kappa shape index (κ1) is 26.8. The summed E-state index contributed by atoms with van der Waals surface area (Å²) in [5.41, 5.74) is 3.75. The molecule has 38 heavy (non-hydrogen) atoms. The number of aryl methyl sites for hydroxylation is 2. The van der Waals surface area contributed by atoms with E-state index in [1.54, 1.807) is 0 Å². The second kappa shape index (κ2) is 13.8. The van der Waals surface area contributed by atoms with Crippen LogP contribution >= 0.6 is 0 Å². The van der Waals surface area contributed by atoms with Crippen molar-refractivity contribution >= 4 is 23.2 Å². The summed E-state index contributed by atoms with van der Waals surface area (Å²) in [7, 11) is 0. The molecule has 2 amide bonds. The van der Waals surface area contributed by atoms with Gasteiger partial charge in [0.15, 0.2) is 0 Å². The number of rotatable bonds is 10. The highest BCUT2D eigenvalue weighted by atomic mass is 16.3. The van der Waals surface area contributed by atoms with E-state index in [1.165, 1.54) is 0 Å². The Morgan fingerprint density at radius 2 is 1.05 bits per heavy atom. The second-order valence-electron chi connectivity index (χ2n) is 10.4. The third kappa shape index (κ3) is 8.61. The number of nitrogens with one attached hydrogen (secondary N) is 2. The number of benzene rings is 2. The topological polar surface area (TPSA) is 91.4 Å². The van der Waals surface area contributed by atoms with Crippen molar-refractivity contribution in [1.29, 1.82) is 0 Å². The van der Waals surface area contributed by atoms with Gasteiger partial charge in [-0.15, -0.1) is 0 Å². The number of para-hydroxylation sites is 2. The molecule has 0 spiro atoms. The van der Waals surface area contributed by atoms with E-state index in [0.29, 0.717) is 39.3 Å². The van der Waals surface area contributed by atoms with Gasteiger partial charge in [-0.3, -0.25) is 29.2 Å². The average molecular weight is 524 g/mol. The lowest BCUT2D eigenvalue weighted by Crippen LogP contribution is -2.53. The Labute approximate surface area is 227 Å². The summed E-state index contributed by atoms with van der Waals surface area (Å²) in [6.07, 6.45) is -1.57. The van der Waals surface area contributed by atoms with Gasteiger partial charge >= 0.3 is 0 Å². The molecule has 2 fully saturated rings. The number of amides is 2. The van der Waals surface area contributed by atoms with Crippen molar-refractivity contribution < 1.29 is 16.1 Å². The molecule has 0 aliphatic carbocycles. The first-order valence-corrected chi connectivity index (χ1v) is 13.5. The molecule has 0 saturated carbocycles. The molecule has 0 bridgehead atoms. The normalized spacial score (nSPS) is 18.7. The predicted octanol–water partition coefficient (Wildman–Crippen LogP) is 1.48. The number of β-amino-alcohol motifs (C(OH)–C–C–N with tert-alkyl or cyclic N) is 1. The highest BCUT2D eigenvalue weighted by molar-refractivity contribution is 5.93. The van der Waals surface area contributed by atoms with E-state index in [-0.39, 0.29) is 24.9 Å². The lowest BCUT2D eigenvalue weighted by Gasteiger charge is -2.38. The molecule has 2 heterocycles. The van der Waals surface area contributed by atoms with Crippen LogP contribution in [0.1, 0.15) is 12.5 Å². The van der Waals surface area contributed by atoms with Crippen LogP contribution in [0.3, 0.4) is 0 Å². The Balaban J connectivity index is 1.13. The van der Waals surface area contributed by atoms with Crippen molar-refractivity contribution in [3.05, 3.63) is 59.7 Å². The summed E-state index contributed by atoms with van der Waals surface area (Å²) >= 11 is 0. The Morgan fingerprint density at radius 3 is 1.42 bits per heavy atom. The van der Waals surface area contributed by atoms with Crippen LogP contribution in [0.5, 0.6) is 0 Å². The lowest BCUT2D eigenvalue weighted by molar-refractivity contribution is -0.118. The van der Waals surface area contributed by atoms with Crippen LogP contribution in [0.4, 0.5) is 11.4 Å². The van der Waals surface area contributed by atoms with Gasteiger partial charge in [-0.1, -0.05) is 36.4 Å². The molecule has 2 aliphatic rings. The number of hydrogen-bond donors (Lipinski definition) is 3. The van der Waals surface area contributed by atoms with Crippen LogP contribution in [-0.2, 0) is 9.59 Å². The third-order valence-corrected chi connectivity index (χ3v) is 7.31. The van der Waals surface area contributed by atoms with Crippen molar-refractivity contribution in [2.24, 2.45) is 0 Å². The maximum atomic E-state index is 12.5. The monoisotopic (exact) mass is 523 g/mol. The smallest absolute Gasteiger partial charge is 0.238 e. The van der Waals surface area contributed by atoms with Gasteiger partial charge in [-0.2, -0.15) is 0 Å². The molecule has 4 rings (SSSR count). The Morgan fingerprint density at radius 1 is 0.711 bits per heavy atom. The zero-order valence-electron chi connectivity index (χ0n) is 23.7. The third-order valence-electron chi connectivity index (χ3n) is 7.31. The number of carbonyl (C=O) groups excluding carboxylic acids is 2. The molecular weight excluding hydrogens is 480 g/mol. The summed E-state index contributed by atoms with van der Waals surface area (Å²) in [6.45, 7) is 10.9. The van der Waals surface area contributed by atoms with E-state index in [0.717, 1.165) is 48.7 Å². The molecule has 0 atom stereocenters. The Bertz CT molecular complexity index is 1030. The number of carbonyl (C=O) groups is 2. The van der Waals surface area contributed by atoms with Gasteiger partial charge in [0.05, 0.1) is 20.5 Å². The Hall–Kier alpha value is -2.82. The lowest BCUT2D eigenvalue weighted by atomic mass is 10.2. The minimum absolute atomic E-state index is 0.0263. The first-order valence-electron chi connectivity index (χ1n) is 14.0. The quantitative estimate of drug-likeness (QED) is 0.435. The molecule has 0 radical (unpaired) electrons. The second-order valence-corrected chi connectivity index (χ2v) is 10.4. The summed E-state index contributed by atoms with van der Waals surface area (Å²) < 4.78 is 8.53. The zero-order valence-corrected chi connectivity index (χ0v) is 22.7. The molecule has 206 valence electrons. The number of anilines is 2. The van der Waals surface area contributed by atoms with E-state index in [9.17, 15) is 14.7 Å². The average Bonchev–Trinajstić information content (AvgIpc) is 2.89. The number of piperazine rings is 2. The van der Waals surface area contributed by atoms with Crippen LogP contribution in [0, 0.1) is 13.8 Å². The van der Waals surface area contributed by atoms with E-state index >= 15 is 0 Å². The number of nitrogens with zero attached hydrogens (tertiary/aromatic N) is 4. The number of aliphatic hydroxyl groups is 1. The van der Waals surface area contributed by atoms with Crippen LogP contribution in [0.25, 0.3) is 0 Å². The molecule has 0 aromatic heterocycles. The van der Waals surface area contributed by atoms with Crippen molar-refractivity contribution in [3.63, 3.8) is 0 Å². The standard InChI is InChI=1S/C29H42N6O3/c1-23-7-3-5-9-26(23)30-28(37)21-34-15-11-32(12-16-34)19-25(36)20-33-13-17-35(18-14-33)22-29(38)31-27-10-6-4-8-24(27)2/h3-10,25,36H,11-22H2,1-2H3,(H,30,37)(H,31,38)/i25D. The minimum atomic E-state index is -1.57. The summed E-state index contributed by atoms with van der Waals surface area (Å²) in [4.78, 5) is 33.4. The minimum Gasteiger partial charge on any atom is -0.390 e. The SMILES string of the molecule is [2H]C(O)(CN1CCN(CC(=O)Nc2ccccc2C)CC1)CN1CCN(CC(=O)Nc2ccccc2C)CC1. The van der Waals surface area contributed by atoms with Crippen molar-refractivity contribution in [3.8, 4) is 0 Å². The van der Waals surface area contributed by atoms with Crippen molar-refractivity contribution in [1.82, 2.24) is 19.6 Å². The molecule has 0 unspecified atom stereocenters. The molecule has 2 aliphatic heterocycles. The van der Waals surface area contributed by atoms with E-state index < -0.39 is 6.08 Å². The molecule has 2 aromatic carbocycles. The van der Waals surface area contributed by atoms with Gasteiger partial charge in [-0.25, -0.2) is 0 Å². The van der Waals surface area contributed by atoms with Crippen molar-refractivity contribution in [2.45, 2.75) is 19.9 Å². The van der Waals surface area contributed by atoms with E-state index in [4.69, 9.17) is 1.37 Å². The maximum absolute atomic E-state index is 12.5. The molecule has 9 heteroatoms. The van der Waals surface area contributed by atoms with Gasteiger partial charge in [0.1, 0.15) is 0 Å². The summed E-state index contributed by atoms with van der Waals surface area (Å²) in [5.74, 6) is -0.0527. The maximum Gasteiger partial charge on any atom is 0.238 e. The summed E-state index contributed by atoms with van der Waals surface area (Å²) in [5, 5.41) is 16.8. The molecular formula is C29H42N6O3. The summed E-state index contributed by atoms with van der Waals surface area (Å²) in [6, 6.07) is 15.5. The fraction of sp³-hybridized carbons (Fsp3) is 0.517. The van der Waals surface area contributed by atoms with Crippen molar-refractivity contribution in [2.75, 3.05) is 89.2 Å².